The Hall–Kier alpha value is -2.37. The lowest BCUT2D eigenvalue weighted by Gasteiger charge is -2.19. The number of nitrogens with one attached hydrogen (secondary N) is 3. The summed E-state index contributed by atoms with van der Waals surface area (Å²) in [7, 11) is 0. The highest BCUT2D eigenvalue weighted by molar-refractivity contribution is 5.80. The van der Waals surface area contributed by atoms with Crippen molar-refractivity contribution in [1.29, 1.82) is 0 Å². The lowest BCUT2D eigenvalue weighted by molar-refractivity contribution is -0.125. The normalized spacial score (nSPS) is 19.3. The standard InChI is InChI=1S/C21H27N3O2/c1-3-15-8-10-17(11-9-15)20-19(14-23-24-20)21(25)22-13-16-6-5-7-18(12-16)26-4-2/h5-12,19-20,23-24H,3-4,13-14H2,1-2H3,(H,22,25). The molecule has 5 heteroatoms. The number of hydrazine groups is 1. The van der Waals surface area contributed by atoms with Crippen molar-refractivity contribution in [1.82, 2.24) is 16.2 Å². The predicted molar refractivity (Wildman–Crippen MR) is 103 cm³/mol. The first-order valence-corrected chi connectivity index (χ1v) is 9.28. The van der Waals surface area contributed by atoms with Crippen LogP contribution in [-0.2, 0) is 17.8 Å². The van der Waals surface area contributed by atoms with Crippen molar-refractivity contribution < 1.29 is 9.53 Å². The molecule has 0 radical (unpaired) electrons. The fraction of sp³-hybridized carbons (Fsp3) is 0.381. The molecule has 2 aromatic rings. The third-order valence-electron chi connectivity index (χ3n) is 4.74. The number of carbonyl (C=O) groups is 1. The van der Waals surface area contributed by atoms with E-state index in [9.17, 15) is 4.79 Å². The number of hydrogen-bond donors (Lipinski definition) is 3. The monoisotopic (exact) mass is 353 g/mol. The van der Waals surface area contributed by atoms with Crippen molar-refractivity contribution in [3.05, 3.63) is 65.2 Å². The zero-order valence-electron chi connectivity index (χ0n) is 15.4. The van der Waals surface area contributed by atoms with Crippen LogP contribution in [-0.4, -0.2) is 19.1 Å². The predicted octanol–water partition coefficient (Wildman–Crippen LogP) is 2.73. The Balaban J connectivity index is 1.62. The molecule has 1 heterocycles. The highest BCUT2D eigenvalue weighted by Crippen LogP contribution is 2.25. The average Bonchev–Trinajstić information content (AvgIpc) is 3.17. The Kier molecular flexibility index (Phi) is 6.26. The van der Waals surface area contributed by atoms with E-state index in [1.165, 1.54) is 5.56 Å². The van der Waals surface area contributed by atoms with Crippen LogP contribution in [0.2, 0.25) is 0 Å². The molecule has 3 N–H and O–H groups in total. The van der Waals surface area contributed by atoms with Crippen molar-refractivity contribution in [3.63, 3.8) is 0 Å². The summed E-state index contributed by atoms with van der Waals surface area (Å²) in [6, 6.07) is 16.3. The third kappa shape index (κ3) is 4.42. The summed E-state index contributed by atoms with van der Waals surface area (Å²) in [6.07, 6.45) is 1.02. The summed E-state index contributed by atoms with van der Waals surface area (Å²) < 4.78 is 5.51. The van der Waals surface area contributed by atoms with E-state index < -0.39 is 0 Å². The Morgan fingerprint density at radius 3 is 2.69 bits per heavy atom. The summed E-state index contributed by atoms with van der Waals surface area (Å²) >= 11 is 0. The molecule has 1 fully saturated rings. The molecule has 0 spiro atoms. The van der Waals surface area contributed by atoms with E-state index in [2.05, 4.69) is 47.4 Å². The van der Waals surface area contributed by atoms with Crippen molar-refractivity contribution >= 4 is 5.91 Å². The van der Waals surface area contributed by atoms with Crippen molar-refractivity contribution in [2.24, 2.45) is 5.92 Å². The van der Waals surface area contributed by atoms with Gasteiger partial charge in [-0.1, -0.05) is 43.3 Å². The van der Waals surface area contributed by atoms with Crippen LogP contribution in [0.3, 0.4) is 0 Å². The van der Waals surface area contributed by atoms with Gasteiger partial charge in [0.05, 0.1) is 18.6 Å². The molecule has 3 rings (SSSR count). The van der Waals surface area contributed by atoms with Crippen LogP contribution in [0.15, 0.2) is 48.5 Å². The van der Waals surface area contributed by atoms with Gasteiger partial charge in [0.25, 0.3) is 0 Å². The molecular formula is C21H27N3O2. The number of rotatable bonds is 7. The number of benzene rings is 2. The molecule has 1 amide bonds. The number of carbonyl (C=O) groups excluding carboxylic acids is 1. The van der Waals surface area contributed by atoms with Gasteiger partial charge < -0.3 is 10.1 Å². The van der Waals surface area contributed by atoms with Gasteiger partial charge in [-0.2, -0.15) is 0 Å². The van der Waals surface area contributed by atoms with E-state index in [0.717, 1.165) is 23.3 Å². The van der Waals surface area contributed by atoms with Crippen LogP contribution in [0.1, 0.15) is 36.6 Å². The van der Waals surface area contributed by atoms with Crippen molar-refractivity contribution in [2.75, 3.05) is 13.2 Å². The molecule has 0 aliphatic carbocycles. The first kappa shape index (κ1) is 18.4. The number of amides is 1. The van der Waals surface area contributed by atoms with Crippen LogP contribution in [0, 0.1) is 5.92 Å². The minimum absolute atomic E-state index is 0.0179. The minimum atomic E-state index is -0.141. The summed E-state index contributed by atoms with van der Waals surface area (Å²) in [4.78, 5) is 12.7. The van der Waals surface area contributed by atoms with Crippen LogP contribution in [0.4, 0.5) is 0 Å². The molecule has 1 saturated heterocycles. The maximum atomic E-state index is 12.7. The van der Waals surface area contributed by atoms with Crippen LogP contribution >= 0.6 is 0 Å². The van der Waals surface area contributed by atoms with Gasteiger partial charge in [0, 0.05) is 13.1 Å². The van der Waals surface area contributed by atoms with E-state index in [1.807, 2.05) is 31.2 Å². The highest BCUT2D eigenvalue weighted by atomic mass is 16.5. The number of hydrogen-bond acceptors (Lipinski definition) is 4. The average molecular weight is 353 g/mol. The molecule has 0 saturated carbocycles. The maximum Gasteiger partial charge on any atom is 0.226 e. The molecule has 1 aliphatic heterocycles. The Labute approximate surface area is 155 Å². The molecule has 2 atom stereocenters. The zero-order valence-corrected chi connectivity index (χ0v) is 15.4. The largest absolute Gasteiger partial charge is 0.494 e. The Morgan fingerprint density at radius 2 is 1.96 bits per heavy atom. The maximum absolute atomic E-state index is 12.7. The fourth-order valence-corrected chi connectivity index (χ4v) is 3.25. The minimum Gasteiger partial charge on any atom is -0.494 e. The number of ether oxygens (including phenoxy) is 1. The van der Waals surface area contributed by atoms with Crippen LogP contribution in [0.25, 0.3) is 0 Å². The van der Waals surface area contributed by atoms with Gasteiger partial charge in [0.1, 0.15) is 5.75 Å². The van der Waals surface area contributed by atoms with Gasteiger partial charge in [-0.05, 0) is 42.2 Å². The molecule has 138 valence electrons. The summed E-state index contributed by atoms with van der Waals surface area (Å²) in [5, 5.41) is 3.06. The first-order valence-electron chi connectivity index (χ1n) is 9.28. The van der Waals surface area contributed by atoms with Gasteiger partial charge in [-0.15, -0.1) is 0 Å². The summed E-state index contributed by atoms with van der Waals surface area (Å²) in [5.41, 5.74) is 9.82. The molecule has 0 bridgehead atoms. The van der Waals surface area contributed by atoms with E-state index in [0.29, 0.717) is 19.7 Å². The third-order valence-corrected chi connectivity index (χ3v) is 4.74. The Morgan fingerprint density at radius 1 is 1.15 bits per heavy atom. The summed E-state index contributed by atoms with van der Waals surface area (Å²) in [5.74, 6) is 0.740. The second-order valence-corrected chi connectivity index (χ2v) is 6.50. The zero-order chi connectivity index (χ0) is 18.4. The summed E-state index contributed by atoms with van der Waals surface area (Å²) in [6.45, 7) is 5.85. The Bertz CT molecular complexity index is 730. The fourth-order valence-electron chi connectivity index (χ4n) is 3.25. The lowest BCUT2D eigenvalue weighted by Crippen LogP contribution is -2.34. The first-order chi connectivity index (χ1) is 12.7. The van der Waals surface area contributed by atoms with Gasteiger partial charge >= 0.3 is 0 Å². The molecule has 5 nitrogen and oxygen atoms in total. The molecule has 1 aliphatic rings. The van der Waals surface area contributed by atoms with Gasteiger partial charge in [0.15, 0.2) is 0 Å². The van der Waals surface area contributed by atoms with Crippen LogP contribution < -0.4 is 20.9 Å². The van der Waals surface area contributed by atoms with E-state index >= 15 is 0 Å². The second kappa shape index (κ2) is 8.83. The molecule has 0 aromatic heterocycles. The second-order valence-electron chi connectivity index (χ2n) is 6.50. The SMILES string of the molecule is CCOc1cccc(CNC(=O)C2CNNC2c2ccc(CC)cc2)c1. The van der Waals surface area contributed by atoms with E-state index in [4.69, 9.17) is 4.74 Å². The van der Waals surface area contributed by atoms with Crippen LogP contribution in [0.5, 0.6) is 5.75 Å². The van der Waals surface area contributed by atoms with E-state index in [1.54, 1.807) is 0 Å². The quantitative estimate of drug-likeness (QED) is 0.716. The van der Waals surface area contributed by atoms with Crippen molar-refractivity contribution in [3.8, 4) is 5.75 Å². The van der Waals surface area contributed by atoms with Gasteiger partial charge in [-0.25, -0.2) is 5.43 Å². The van der Waals surface area contributed by atoms with Gasteiger partial charge in [0.2, 0.25) is 5.91 Å². The molecule has 2 unspecified atom stereocenters. The lowest BCUT2D eigenvalue weighted by atomic mass is 9.93. The molecule has 2 aromatic carbocycles. The number of aryl methyl sites for hydroxylation is 1. The smallest absolute Gasteiger partial charge is 0.226 e. The molecular weight excluding hydrogens is 326 g/mol. The van der Waals surface area contributed by atoms with E-state index in [-0.39, 0.29) is 17.9 Å². The van der Waals surface area contributed by atoms with Gasteiger partial charge in [-0.3, -0.25) is 10.2 Å². The highest BCUT2D eigenvalue weighted by Gasteiger charge is 2.33. The van der Waals surface area contributed by atoms with Crippen molar-refractivity contribution in [2.45, 2.75) is 32.9 Å². The topological polar surface area (TPSA) is 62.4 Å². The molecule has 26 heavy (non-hydrogen) atoms.